The maximum atomic E-state index is 9.08. The van der Waals surface area contributed by atoms with Gasteiger partial charge in [-0.05, 0) is 83.4 Å². The van der Waals surface area contributed by atoms with E-state index in [1.807, 2.05) is 146 Å². The van der Waals surface area contributed by atoms with Crippen molar-refractivity contribution < 1.29 is 13.0 Å². The molecular weight excluding hydrogens is 869 g/mol. The minimum absolute atomic E-state index is 0.267. The zero-order chi connectivity index (χ0) is 52.8. The van der Waals surface area contributed by atoms with Crippen LogP contribution < -0.4 is 15.4 Å². The molecule has 0 atom stereocenters. The molecule has 0 unspecified atom stereocenters. The van der Waals surface area contributed by atoms with Gasteiger partial charge in [-0.1, -0.05) is 147 Å². The molecule has 0 fully saturated rings. The number of benzene rings is 9. The highest BCUT2D eigenvalue weighted by atomic mass is 16.5. The fourth-order valence-corrected chi connectivity index (χ4v) is 10.7. The van der Waals surface area contributed by atoms with Crippen LogP contribution in [0.5, 0.6) is 11.5 Å². The Morgan fingerprint density at radius 2 is 1.06 bits per heavy atom. The third kappa shape index (κ3) is 6.84. The number of nitrogens with zero attached hydrogens (tertiary/aromatic N) is 4. The highest BCUT2D eigenvalue weighted by Crippen LogP contribution is 2.50. The Labute approximate surface area is 420 Å². The van der Waals surface area contributed by atoms with Gasteiger partial charge >= 0.3 is 0 Å². The first-order valence-electron chi connectivity index (χ1n) is 26.8. The Balaban J connectivity index is 0.919. The fraction of sp³-hybridized carbons (Fsp3) is 0.0781. The summed E-state index contributed by atoms with van der Waals surface area (Å²) < 4.78 is 66.1. The van der Waals surface area contributed by atoms with Crippen LogP contribution in [0.15, 0.2) is 219 Å². The molecule has 71 heavy (non-hydrogen) atoms. The first-order valence-corrected chi connectivity index (χ1v) is 23.8. The van der Waals surface area contributed by atoms with Crippen molar-refractivity contribution in [3.63, 3.8) is 0 Å². The second-order valence-corrected chi connectivity index (χ2v) is 18.6. The van der Waals surface area contributed by atoms with E-state index in [2.05, 4.69) is 102 Å². The molecule has 13 aromatic rings. The summed E-state index contributed by atoms with van der Waals surface area (Å²) in [4.78, 5) is 4.94. The Bertz CT molecular complexity index is 4330. The summed E-state index contributed by atoms with van der Waals surface area (Å²) in [6, 6.07) is 69.4. The van der Waals surface area contributed by atoms with Gasteiger partial charge in [0.1, 0.15) is 17.3 Å². The number of fused-ring (bicyclic) bond motifs is 9. The lowest BCUT2D eigenvalue weighted by Crippen LogP contribution is -2.19. The average molecular weight is 925 g/mol. The SMILES string of the molecule is [2H]C([2H])([2H])n1c2ccccc2c2c(-c3ccccc3)c3c4ccccc4n(C([2H])([2H])[2H])c3c(Nc3ccccc3Nc3cccc(Oc4ccc5c6ccccc6n(-c6cc(C(C)(C)c7ccccc7)ccn6)c5c4)c3)c21. The summed E-state index contributed by atoms with van der Waals surface area (Å²) in [5.74, 6) is 2.04. The summed E-state index contributed by atoms with van der Waals surface area (Å²) in [6.07, 6.45) is 1.89. The molecule has 0 saturated carbocycles. The fourth-order valence-electron chi connectivity index (χ4n) is 10.7. The Kier molecular flexibility index (Phi) is 8.40. The number of pyridine rings is 1. The van der Waals surface area contributed by atoms with Crippen LogP contribution in [-0.2, 0) is 19.4 Å². The van der Waals surface area contributed by atoms with Crippen molar-refractivity contribution in [1.82, 2.24) is 18.7 Å². The van der Waals surface area contributed by atoms with Gasteiger partial charge in [0.15, 0.2) is 0 Å². The summed E-state index contributed by atoms with van der Waals surface area (Å²) in [5.41, 5.74) is 9.66. The van der Waals surface area contributed by atoms with Gasteiger partial charge in [-0.15, -0.1) is 0 Å². The Morgan fingerprint density at radius 3 is 1.75 bits per heavy atom. The lowest BCUT2D eigenvalue weighted by Gasteiger charge is -2.26. The summed E-state index contributed by atoms with van der Waals surface area (Å²) >= 11 is 0. The number of rotatable bonds is 10. The lowest BCUT2D eigenvalue weighted by molar-refractivity contribution is 0.483. The molecule has 0 aliphatic heterocycles. The number of para-hydroxylation sites is 5. The second kappa shape index (κ2) is 16.6. The van der Waals surface area contributed by atoms with Crippen LogP contribution >= 0.6 is 0 Å². The van der Waals surface area contributed by atoms with E-state index in [1.165, 1.54) is 14.7 Å². The number of hydrogen-bond donors (Lipinski definition) is 2. The van der Waals surface area contributed by atoms with Crippen LogP contribution in [0.25, 0.3) is 82.4 Å². The van der Waals surface area contributed by atoms with Gasteiger partial charge in [-0.3, -0.25) is 4.57 Å². The van der Waals surface area contributed by atoms with Gasteiger partial charge < -0.3 is 24.5 Å². The summed E-state index contributed by atoms with van der Waals surface area (Å²) in [7, 11) is 0. The largest absolute Gasteiger partial charge is 0.457 e. The summed E-state index contributed by atoms with van der Waals surface area (Å²) in [5, 5.41) is 12.3. The van der Waals surface area contributed by atoms with Crippen LogP contribution in [0.3, 0.4) is 0 Å². The first kappa shape index (κ1) is 36.0. The third-order valence-electron chi connectivity index (χ3n) is 14.2. The second-order valence-electron chi connectivity index (χ2n) is 18.6. The average Bonchev–Trinajstić information content (AvgIpc) is 4.12. The van der Waals surface area contributed by atoms with Gasteiger partial charge in [0.25, 0.3) is 0 Å². The van der Waals surface area contributed by atoms with E-state index in [4.69, 9.17) is 17.9 Å². The van der Waals surface area contributed by atoms with E-state index >= 15 is 0 Å². The molecule has 7 nitrogen and oxygen atoms in total. The van der Waals surface area contributed by atoms with E-state index in [0.717, 1.165) is 60.8 Å². The van der Waals surface area contributed by atoms with Crippen LogP contribution in [0.2, 0.25) is 0 Å². The Hall–Kier alpha value is -9.07. The van der Waals surface area contributed by atoms with Gasteiger partial charge in [0.05, 0.1) is 39.1 Å². The molecule has 9 aromatic carbocycles. The van der Waals surface area contributed by atoms with Crippen molar-refractivity contribution in [2.45, 2.75) is 19.3 Å². The van der Waals surface area contributed by atoms with E-state index < -0.39 is 14.0 Å². The van der Waals surface area contributed by atoms with E-state index in [0.29, 0.717) is 61.4 Å². The molecule has 4 heterocycles. The van der Waals surface area contributed by atoms with E-state index in [1.54, 1.807) is 0 Å². The minimum atomic E-state index is -2.67. The van der Waals surface area contributed by atoms with Gasteiger partial charge in [0.2, 0.25) is 0 Å². The molecule has 7 heteroatoms. The van der Waals surface area contributed by atoms with Gasteiger partial charge in [-0.25, -0.2) is 4.98 Å². The number of hydrogen-bond acceptors (Lipinski definition) is 4. The molecule has 13 rings (SSSR count). The molecule has 0 radical (unpaired) electrons. The molecule has 2 N–H and O–H groups in total. The maximum Gasteiger partial charge on any atom is 0.137 e. The first-order chi connectivity index (χ1) is 37.2. The molecule has 342 valence electrons. The number of nitrogens with one attached hydrogen (secondary N) is 2. The van der Waals surface area contributed by atoms with Crippen molar-refractivity contribution in [3.05, 3.63) is 230 Å². The van der Waals surface area contributed by atoms with Crippen molar-refractivity contribution in [1.29, 1.82) is 0 Å². The van der Waals surface area contributed by atoms with Gasteiger partial charge in [-0.2, -0.15) is 0 Å². The molecule has 0 aliphatic rings. The van der Waals surface area contributed by atoms with Gasteiger partial charge in [0, 0.05) is 101 Å². The summed E-state index contributed by atoms with van der Waals surface area (Å²) in [6.45, 7) is -0.861. The molecule has 0 spiro atoms. The molecule has 0 aliphatic carbocycles. The van der Waals surface area contributed by atoms with Crippen molar-refractivity contribution in [2.24, 2.45) is 14.0 Å². The third-order valence-corrected chi connectivity index (χ3v) is 14.2. The smallest absolute Gasteiger partial charge is 0.137 e. The quantitative estimate of drug-likeness (QED) is 0.143. The number of anilines is 4. The molecule has 0 bridgehead atoms. The highest BCUT2D eigenvalue weighted by Gasteiger charge is 2.27. The van der Waals surface area contributed by atoms with Crippen LogP contribution in [0, 0.1) is 0 Å². The van der Waals surface area contributed by atoms with E-state index in [9.17, 15) is 0 Å². The Morgan fingerprint density at radius 1 is 0.479 bits per heavy atom. The van der Waals surface area contributed by atoms with Crippen LogP contribution in [0.4, 0.5) is 22.7 Å². The molecule has 4 aromatic heterocycles. The number of aryl methyl sites for hydroxylation is 2. The maximum absolute atomic E-state index is 9.08. The number of aromatic nitrogens is 4. The predicted octanol–water partition coefficient (Wildman–Crippen LogP) is 16.7. The van der Waals surface area contributed by atoms with Crippen LogP contribution in [0.1, 0.15) is 33.2 Å². The lowest BCUT2D eigenvalue weighted by atomic mass is 9.78. The highest BCUT2D eigenvalue weighted by molar-refractivity contribution is 6.32. The zero-order valence-electron chi connectivity index (χ0n) is 45.0. The van der Waals surface area contributed by atoms with Crippen molar-refractivity contribution >= 4 is 88.2 Å². The minimum Gasteiger partial charge on any atom is -0.457 e. The van der Waals surface area contributed by atoms with E-state index in [-0.39, 0.29) is 5.41 Å². The molecular formula is C64H50N6O. The van der Waals surface area contributed by atoms with Crippen molar-refractivity contribution in [3.8, 4) is 28.4 Å². The van der Waals surface area contributed by atoms with Crippen LogP contribution in [-0.4, -0.2) is 18.7 Å². The zero-order valence-corrected chi connectivity index (χ0v) is 39.0. The normalized spacial score (nSPS) is 13.5. The molecule has 0 saturated heterocycles. The standard InChI is InChI=1S/C64H50N6O/c1-64(2,42-22-9-6-10-23-42)43-36-37-65-57(38-43)70-55-33-18-11-26-47(55)48-35-34-46(40-56(48)70)71-45-25-19-24-44(39-45)66-51-29-14-15-30-52(51)67-61-62-59(49-27-12-16-31-53(49)68(62)3)58(41-20-7-5-8-21-41)60-50-28-13-17-32-54(50)69(4)63(60)61/h5-40,66-67H,1-4H3/i3D3,4D3. The monoisotopic (exact) mass is 924 g/mol. The van der Waals surface area contributed by atoms with Crippen molar-refractivity contribution in [2.75, 3.05) is 10.6 Å². The molecule has 0 amide bonds. The predicted molar refractivity (Wildman–Crippen MR) is 297 cm³/mol. The topological polar surface area (TPSA) is 61.0 Å². The number of ether oxygens (including phenoxy) is 1.